The van der Waals surface area contributed by atoms with E-state index in [-0.39, 0.29) is 0 Å². The van der Waals surface area contributed by atoms with Crippen LogP contribution in [0.3, 0.4) is 0 Å². The fraction of sp³-hybridized carbons (Fsp3) is 0.208. The van der Waals surface area contributed by atoms with Crippen molar-refractivity contribution in [3.8, 4) is 11.8 Å². The average molecular weight is 337 g/mol. The van der Waals surface area contributed by atoms with Crippen LogP contribution in [-0.2, 0) is 12.0 Å². The molecule has 3 aliphatic carbocycles. The summed E-state index contributed by atoms with van der Waals surface area (Å²) in [5.41, 5.74) is 5.39. The molecule has 2 heteroatoms. The van der Waals surface area contributed by atoms with Crippen LogP contribution in [0, 0.1) is 11.3 Å². The second kappa shape index (κ2) is 5.75. The molecule has 0 aromatic heterocycles. The highest BCUT2D eigenvalue weighted by Gasteiger charge is 2.50. The van der Waals surface area contributed by atoms with Crippen LogP contribution in [0.2, 0.25) is 0 Å². The molecule has 2 nitrogen and oxygen atoms in total. The zero-order valence-corrected chi connectivity index (χ0v) is 14.5. The summed E-state index contributed by atoms with van der Waals surface area (Å²) in [5, 5.41) is 10.3. The van der Waals surface area contributed by atoms with E-state index in [0.717, 1.165) is 29.7 Å². The predicted molar refractivity (Wildman–Crippen MR) is 101 cm³/mol. The van der Waals surface area contributed by atoms with Gasteiger partial charge in [0.15, 0.2) is 0 Å². The maximum absolute atomic E-state index is 10.3. The van der Waals surface area contributed by atoms with Crippen LogP contribution in [0.4, 0.5) is 0 Å². The van der Waals surface area contributed by atoms with Gasteiger partial charge in [-0.25, -0.2) is 0 Å². The normalized spacial score (nSPS) is 22.2. The Labute approximate surface area is 153 Å². The Balaban J connectivity index is 1.63. The third-order valence-corrected chi connectivity index (χ3v) is 5.89. The second-order valence-electron chi connectivity index (χ2n) is 7.19. The molecular formula is C24H19NO. The van der Waals surface area contributed by atoms with Gasteiger partial charge in [-0.2, -0.15) is 5.26 Å². The Hall–Kier alpha value is -3.05. The van der Waals surface area contributed by atoms with Crippen molar-refractivity contribution >= 4 is 0 Å². The Morgan fingerprint density at radius 1 is 0.923 bits per heavy atom. The molecule has 2 unspecified atom stereocenters. The van der Waals surface area contributed by atoms with E-state index in [0.29, 0.717) is 12.5 Å². The summed E-state index contributed by atoms with van der Waals surface area (Å²) in [7, 11) is 0. The van der Waals surface area contributed by atoms with Gasteiger partial charge >= 0.3 is 0 Å². The lowest BCUT2D eigenvalue weighted by molar-refractivity contribution is 0.293. The van der Waals surface area contributed by atoms with Gasteiger partial charge in [-0.3, -0.25) is 0 Å². The molecule has 126 valence electrons. The summed E-state index contributed by atoms with van der Waals surface area (Å²) >= 11 is 0. The summed E-state index contributed by atoms with van der Waals surface area (Å²) in [6.45, 7) is 0.519. The second-order valence-corrected chi connectivity index (χ2v) is 7.19. The molecule has 0 aliphatic heterocycles. The lowest BCUT2D eigenvalue weighted by atomic mass is 9.55. The van der Waals surface area contributed by atoms with Crippen LogP contribution < -0.4 is 4.74 Å². The molecule has 0 N–H and O–H groups in total. The Bertz CT molecular complexity index is 1020. The van der Waals surface area contributed by atoms with Crippen molar-refractivity contribution in [1.82, 2.24) is 0 Å². The van der Waals surface area contributed by atoms with Gasteiger partial charge < -0.3 is 4.74 Å². The minimum Gasteiger partial charge on any atom is -0.489 e. The molecule has 0 amide bonds. The van der Waals surface area contributed by atoms with E-state index in [1.54, 1.807) is 0 Å². The van der Waals surface area contributed by atoms with Crippen molar-refractivity contribution in [2.45, 2.75) is 30.8 Å². The predicted octanol–water partition coefficient (Wildman–Crippen LogP) is 5.31. The molecule has 26 heavy (non-hydrogen) atoms. The van der Waals surface area contributed by atoms with Crippen molar-refractivity contribution in [1.29, 1.82) is 5.26 Å². The van der Waals surface area contributed by atoms with Crippen LogP contribution in [-0.4, -0.2) is 0 Å². The largest absolute Gasteiger partial charge is 0.489 e. The maximum Gasteiger partial charge on any atom is 0.125 e. The number of rotatable bonds is 3. The monoisotopic (exact) mass is 337 g/mol. The topological polar surface area (TPSA) is 33.0 Å². The van der Waals surface area contributed by atoms with E-state index < -0.39 is 5.41 Å². The van der Waals surface area contributed by atoms with E-state index in [2.05, 4.69) is 48.5 Å². The maximum atomic E-state index is 10.3. The Kier molecular flexibility index (Phi) is 3.36. The van der Waals surface area contributed by atoms with Crippen LogP contribution >= 0.6 is 0 Å². The van der Waals surface area contributed by atoms with Gasteiger partial charge in [-0.15, -0.1) is 0 Å². The SMILES string of the molecule is N#CC12CCC(c3ccccc31)c1cccc(OCc3ccccc3)c12. The molecule has 3 aromatic rings. The first kappa shape index (κ1) is 15.2. The fourth-order valence-corrected chi connectivity index (χ4v) is 4.75. The molecule has 0 radical (unpaired) electrons. The third-order valence-electron chi connectivity index (χ3n) is 5.89. The molecule has 2 atom stereocenters. The summed E-state index contributed by atoms with van der Waals surface area (Å²) in [6, 6.07) is 27.6. The molecule has 0 fully saturated rings. The zero-order chi connectivity index (χ0) is 17.6. The van der Waals surface area contributed by atoms with Crippen LogP contribution in [0.1, 0.15) is 46.6 Å². The number of nitriles is 1. The highest BCUT2D eigenvalue weighted by molar-refractivity contribution is 5.66. The molecule has 3 aliphatic rings. The first-order valence-corrected chi connectivity index (χ1v) is 9.14. The standard InChI is InChI=1S/C24H19NO/c25-16-24-14-13-18(19-9-4-5-11-21(19)24)20-10-6-12-22(23(20)24)26-15-17-7-2-1-3-8-17/h1-12,18H,13-15H2. The van der Waals surface area contributed by atoms with Gasteiger partial charge in [-0.1, -0.05) is 66.7 Å². The highest BCUT2D eigenvalue weighted by atomic mass is 16.5. The van der Waals surface area contributed by atoms with E-state index >= 15 is 0 Å². The lowest BCUT2D eigenvalue weighted by Gasteiger charge is -2.46. The van der Waals surface area contributed by atoms with Gasteiger partial charge in [0.1, 0.15) is 17.8 Å². The minimum absolute atomic E-state index is 0.372. The quantitative estimate of drug-likeness (QED) is 0.648. The molecular weight excluding hydrogens is 318 g/mol. The fourth-order valence-electron chi connectivity index (χ4n) is 4.75. The van der Waals surface area contributed by atoms with Gasteiger partial charge in [0.05, 0.1) is 6.07 Å². The summed E-state index contributed by atoms with van der Waals surface area (Å²) in [5.74, 6) is 1.23. The van der Waals surface area contributed by atoms with Crippen LogP contribution in [0.15, 0.2) is 72.8 Å². The van der Waals surface area contributed by atoms with Gasteiger partial charge in [0.2, 0.25) is 0 Å². The molecule has 2 bridgehead atoms. The van der Waals surface area contributed by atoms with Crippen molar-refractivity contribution < 1.29 is 4.74 Å². The molecule has 0 heterocycles. The molecule has 0 saturated carbocycles. The average Bonchev–Trinajstić information content (AvgIpc) is 2.73. The Morgan fingerprint density at radius 2 is 1.69 bits per heavy atom. The van der Waals surface area contributed by atoms with Gasteiger partial charge in [0, 0.05) is 11.5 Å². The highest BCUT2D eigenvalue weighted by Crippen LogP contribution is 2.58. The van der Waals surface area contributed by atoms with E-state index in [4.69, 9.17) is 4.74 Å². The third kappa shape index (κ3) is 2.04. The smallest absolute Gasteiger partial charge is 0.125 e. The Morgan fingerprint density at radius 3 is 2.54 bits per heavy atom. The van der Waals surface area contributed by atoms with Crippen molar-refractivity contribution in [3.63, 3.8) is 0 Å². The first-order valence-electron chi connectivity index (χ1n) is 9.14. The van der Waals surface area contributed by atoms with E-state index in [1.165, 1.54) is 16.7 Å². The van der Waals surface area contributed by atoms with Crippen LogP contribution in [0.5, 0.6) is 5.75 Å². The summed E-state index contributed by atoms with van der Waals surface area (Å²) < 4.78 is 6.23. The zero-order valence-electron chi connectivity index (χ0n) is 14.5. The molecule has 3 aromatic carbocycles. The summed E-state index contributed by atoms with van der Waals surface area (Å²) in [6.07, 6.45) is 1.89. The van der Waals surface area contributed by atoms with Crippen molar-refractivity contribution in [2.75, 3.05) is 0 Å². The van der Waals surface area contributed by atoms with E-state index in [1.807, 2.05) is 30.3 Å². The minimum atomic E-state index is -0.589. The molecule has 0 spiro atoms. The van der Waals surface area contributed by atoms with Crippen LogP contribution in [0.25, 0.3) is 0 Å². The number of hydrogen-bond acceptors (Lipinski definition) is 2. The van der Waals surface area contributed by atoms with E-state index in [9.17, 15) is 5.26 Å². The molecule has 6 rings (SSSR count). The molecule has 0 saturated heterocycles. The van der Waals surface area contributed by atoms with Crippen molar-refractivity contribution in [2.24, 2.45) is 0 Å². The summed E-state index contributed by atoms with van der Waals surface area (Å²) in [4.78, 5) is 0. The number of ether oxygens (including phenoxy) is 1. The lowest BCUT2D eigenvalue weighted by Crippen LogP contribution is -2.39. The van der Waals surface area contributed by atoms with Crippen molar-refractivity contribution in [3.05, 3.63) is 101 Å². The number of benzene rings is 3. The number of fused-ring (bicyclic) bond motifs is 1. The van der Waals surface area contributed by atoms with Gasteiger partial charge in [0.25, 0.3) is 0 Å². The number of hydrogen-bond donors (Lipinski definition) is 0. The first-order chi connectivity index (χ1) is 12.8. The number of nitrogens with zero attached hydrogens (tertiary/aromatic N) is 1. The van der Waals surface area contributed by atoms with Gasteiger partial charge in [-0.05, 0) is 41.2 Å².